The van der Waals surface area contributed by atoms with Crippen molar-refractivity contribution >= 4 is 39.1 Å². The molecular formula is C27H26BrClN4O. The molecule has 0 saturated carbocycles. The Morgan fingerprint density at radius 1 is 1.09 bits per heavy atom. The molecule has 1 aliphatic heterocycles. The van der Waals surface area contributed by atoms with E-state index in [2.05, 4.69) is 73.6 Å². The second-order valence-corrected chi connectivity index (χ2v) is 10.1. The third kappa shape index (κ3) is 4.90. The molecule has 174 valence electrons. The zero-order valence-electron chi connectivity index (χ0n) is 19.0. The highest BCUT2D eigenvalue weighted by atomic mass is 79.9. The van der Waals surface area contributed by atoms with Crippen molar-refractivity contribution in [3.63, 3.8) is 0 Å². The van der Waals surface area contributed by atoms with E-state index < -0.39 is 0 Å². The quantitative estimate of drug-likeness (QED) is 0.338. The van der Waals surface area contributed by atoms with E-state index in [9.17, 15) is 4.79 Å². The molecule has 0 radical (unpaired) electrons. The van der Waals surface area contributed by atoms with Gasteiger partial charge in [0.2, 0.25) is 0 Å². The highest BCUT2D eigenvalue weighted by molar-refractivity contribution is 9.10. The summed E-state index contributed by atoms with van der Waals surface area (Å²) in [4.78, 5) is 20.2. The minimum atomic E-state index is -0.134. The van der Waals surface area contributed by atoms with Crippen molar-refractivity contribution < 1.29 is 4.79 Å². The summed E-state index contributed by atoms with van der Waals surface area (Å²) in [5, 5.41) is 3.66. The molecular weight excluding hydrogens is 512 g/mol. The second kappa shape index (κ2) is 9.90. The zero-order chi connectivity index (χ0) is 23.7. The number of benzene rings is 2. The lowest BCUT2D eigenvalue weighted by atomic mass is 9.97. The topological polar surface area (TPSA) is 49.6 Å². The van der Waals surface area contributed by atoms with Crippen molar-refractivity contribution in [1.29, 1.82) is 0 Å². The number of aryl methyl sites for hydroxylation is 1. The Balaban J connectivity index is 1.26. The average molecular weight is 538 g/mol. The van der Waals surface area contributed by atoms with E-state index in [1.54, 1.807) is 16.7 Å². The number of hydrogen-bond acceptors (Lipinski definition) is 3. The van der Waals surface area contributed by atoms with E-state index in [1.807, 2.05) is 13.0 Å². The number of nitrogens with zero attached hydrogens (tertiary/aromatic N) is 3. The molecule has 34 heavy (non-hydrogen) atoms. The first-order chi connectivity index (χ1) is 16.5. The van der Waals surface area contributed by atoms with Crippen molar-refractivity contribution in [2.24, 2.45) is 0 Å². The largest absolute Gasteiger partial charge is 0.347 e. The number of halogens is 2. The number of amides is 1. The Morgan fingerprint density at radius 3 is 2.68 bits per heavy atom. The van der Waals surface area contributed by atoms with Crippen LogP contribution in [0.15, 0.2) is 65.3 Å². The number of carbonyl (C=O) groups excluding carboxylic acids is 1. The summed E-state index contributed by atoms with van der Waals surface area (Å²) in [7, 11) is 0. The summed E-state index contributed by atoms with van der Waals surface area (Å²) in [5.74, 6) is -0.134. The first kappa shape index (κ1) is 23.1. The van der Waals surface area contributed by atoms with Gasteiger partial charge in [-0.15, -0.1) is 0 Å². The van der Waals surface area contributed by atoms with Gasteiger partial charge in [-0.1, -0.05) is 64.8 Å². The van der Waals surface area contributed by atoms with Crippen LogP contribution in [0, 0.1) is 0 Å². The van der Waals surface area contributed by atoms with Gasteiger partial charge in [-0.3, -0.25) is 14.1 Å². The predicted molar refractivity (Wildman–Crippen MR) is 139 cm³/mol. The van der Waals surface area contributed by atoms with Crippen LogP contribution in [0.2, 0.25) is 5.02 Å². The lowest BCUT2D eigenvalue weighted by molar-refractivity contribution is 0.0944. The molecule has 1 amide bonds. The summed E-state index contributed by atoms with van der Waals surface area (Å²) in [6, 6.07) is 18.7. The van der Waals surface area contributed by atoms with Crippen LogP contribution in [-0.4, -0.2) is 26.7 Å². The standard InChI is InChI=1S/C27H26BrClN4O/c1-2-24-26(33-17-23(29)9-10-25(33)31-24)27(34)30-14-19-3-6-21-16-32(12-11-20(21)13-19)15-18-4-7-22(28)8-5-18/h3-10,13,17H,2,11-12,14-16H2,1H3,(H,30,34). The minimum Gasteiger partial charge on any atom is -0.347 e. The Labute approximate surface area is 212 Å². The molecule has 5 rings (SSSR count). The van der Waals surface area contributed by atoms with Crippen LogP contribution in [0.1, 0.15) is 45.4 Å². The fourth-order valence-corrected chi connectivity index (χ4v) is 5.00. The second-order valence-electron chi connectivity index (χ2n) is 8.71. The monoisotopic (exact) mass is 536 g/mol. The number of aromatic nitrogens is 2. The van der Waals surface area contributed by atoms with Crippen molar-refractivity contribution in [3.05, 3.63) is 104 Å². The maximum atomic E-state index is 13.1. The van der Waals surface area contributed by atoms with Crippen molar-refractivity contribution in [2.75, 3.05) is 6.54 Å². The van der Waals surface area contributed by atoms with Gasteiger partial charge >= 0.3 is 0 Å². The highest BCUT2D eigenvalue weighted by Crippen LogP contribution is 2.23. The van der Waals surface area contributed by atoms with Gasteiger partial charge in [0.05, 0.1) is 10.7 Å². The predicted octanol–water partition coefficient (Wildman–Crippen LogP) is 5.80. The van der Waals surface area contributed by atoms with Gasteiger partial charge in [-0.2, -0.15) is 0 Å². The van der Waals surface area contributed by atoms with Crippen molar-refractivity contribution in [2.45, 2.75) is 39.4 Å². The molecule has 7 heteroatoms. The van der Waals surface area contributed by atoms with Crippen LogP contribution in [-0.2, 0) is 32.5 Å². The summed E-state index contributed by atoms with van der Waals surface area (Å²) in [6.45, 7) is 5.41. The fourth-order valence-electron chi connectivity index (χ4n) is 4.58. The molecule has 0 unspecified atom stereocenters. The molecule has 2 aromatic carbocycles. The van der Waals surface area contributed by atoms with Gasteiger partial charge in [0, 0.05) is 36.8 Å². The molecule has 0 aliphatic carbocycles. The SMILES string of the molecule is CCc1nc2ccc(Cl)cn2c1C(=O)NCc1ccc2c(c1)CCN(Cc1ccc(Br)cc1)C2. The molecule has 1 aliphatic rings. The third-order valence-electron chi connectivity index (χ3n) is 6.34. The van der Waals surface area contributed by atoms with E-state index in [-0.39, 0.29) is 5.91 Å². The zero-order valence-corrected chi connectivity index (χ0v) is 21.4. The number of hydrogen-bond donors (Lipinski definition) is 1. The Bertz CT molecular complexity index is 1350. The van der Waals surface area contributed by atoms with Crippen LogP contribution < -0.4 is 5.32 Å². The van der Waals surface area contributed by atoms with Gasteiger partial charge in [-0.05, 0) is 59.4 Å². The highest BCUT2D eigenvalue weighted by Gasteiger charge is 2.20. The van der Waals surface area contributed by atoms with E-state index in [0.717, 1.165) is 47.4 Å². The van der Waals surface area contributed by atoms with Crippen LogP contribution in [0.4, 0.5) is 0 Å². The molecule has 5 nitrogen and oxygen atoms in total. The molecule has 0 saturated heterocycles. The Hall–Kier alpha value is -2.67. The molecule has 0 spiro atoms. The molecule has 0 bridgehead atoms. The van der Waals surface area contributed by atoms with E-state index in [4.69, 9.17) is 11.6 Å². The van der Waals surface area contributed by atoms with Gasteiger partial charge < -0.3 is 5.32 Å². The summed E-state index contributed by atoms with van der Waals surface area (Å²) in [5.41, 5.74) is 7.23. The summed E-state index contributed by atoms with van der Waals surface area (Å²) >= 11 is 9.67. The number of pyridine rings is 1. The van der Waals surface area contributed by atoms with E-state index in [1.165, 1.54) is 16.7 Å². The van der Waals surface area contributed by atoms with Crippen LogP contribution >= 0.6 is 27.5 Å². The van der Waals surface area contributed by atoms with Crippen molar-refractivity contribution in [3.8, 4) is 0 Å². The molecule has 1 N–H and O–H groups in total. The maximum Gasteiger partial charge on any atom is 0.270 e. The lowest BCUT2D eigenvalue weighted by Gasteiger charge is -2.29. The van der Waals surface area contributed by atoms with Crippen LogP contribution in [0.25, 0.3) is 5.65 Å². The van der Waals surface area contributed by atoms with Crippen LogP contribution in [0.5, 0.6) is 0 Å². The number of nitrogens with one attached hydrogen (secondary N) is 1. The average Bonchev–Trinajstić information content (AvgIpc) is 3.21. The normalized spacial score (nSPS) is 13.7. The fraction of sp³-hybridized carbons (Fsp3) is 0.259. The number of carbonyl (C=O) groups is 1. The van der Waals surface area contributed by atoms with Gasteiger partial charge in [0.1, 0.15) is 11.3 Å². The minimum absolute atomic E-state index is 0.134. The molecule has 2 aromatic heterocycles. The summed E-state index contributed by atoms with van der Waals surface area (Å²) < 4.78 is 2.89. The third-order valence-corrected chi connectivity index (χ3v) is 7.09. The number of fused-ring (bicyclic) bond motifs is 2. The van der Waals surface area contributed by atoms with Gasteiger partial charge in [0.25, 0.3) is 5.91 Å². The van der Waals surface area contributed by atoms with Gasteiger partial charge in [0.15, 0.2) is 0 Å². The van der Waals surface area contributed by atoms with Crippen LogP contribution in [0.3, 0.4) is 0 Å². The van der Waals surface area contributed by atoms with E-state index in [0.29, 0.717) is 23.7 Å². The molecule has 0 atom stereocenters. The maximum absolute atomic E-state index is 13.1. The molecule has 4 aromatic rings. The Kier molecular flexibility index (Phi) is 6.73. The van der Waals surface area contributed by atoms with Crippen molar-refractivity contribution in [1.82, 2.24) is 19.6 Å². The smallest absolute Gasteiger partial charge is 0.270 e. The first-order valence-corrected chi connectivity index (χ1v) is 12.7. The van der Waals surface area contributed by atoms with Gasteiger partial charge in [-0.25, -0.2) is 4.98 Å². The molecule has 3 heterocycles. The number of imidazole rings is 1. The number of rotatable bonds is 6. The molecule has 0 fully saturated rings. The first-order valence-electron chi connectivity index (χ1n) is 11.5. The summed E-state index contributed by atoms with van der Waals surface area (Å²) in [6.07, 6.45) is 3.44. The van der Waals surface area contributed by atoms with E-state index >= 15 is 0 Å². The lowest BCUT2D eigenvalue weighted by Crippen LogP contribution is -2.30. The Morgan fingerprint density at radius 2 is 1.88 bits per heavy atom.